The van der Waals surface area contributed by atoms with E-state index in [0.717, 1.165) is 25.0 Å². The van der Waals surface area contributed by atoms with Crippen LogP contribution in [0.15, 0.2) is 24.3 Å². The van der Waals surface area contributed by atoms with Gasteiger partial charge in [-0.25, -0.2) is 4.79 Å². The number of aliphatic hydroxyl groups excluding tert-OH is 1. The van der Waals surface area contributed by atoms with Crippen LogP contribution in [-0.4, -0.2) is 30.7 Å². The molecule has 1 fully saturated rings. The standard InChI is InChI=1S/C13H15F3N2O3/c14-13(15,16)21-10-3-1-9(2-4-10)18-11(20)17-7-12(8-19)5-6-12/h1-4,19H,5-8H2,(H2,17,18,20). The van der Waals surface area contributed by atoms with Gasteiger partial charge in [0.15, 0.2) is 0 Å². The Labute approximate surface area is 119 Å². The van der Waals surface area contributed by atoms with E-state index in [1.807, 2.05) is 0 Å². The lowest BCUT2D eigenvalue weighted by Crippen LogP contribution is -2.35. The van der Waals surface area contributed by atoms with Crippen molar-refractivity contribution in [2.75, 3.05) is 18.5 Å². The third-order valence-corrected chi connectivity index (χ3v) is 3.26. The van der Waals surface area contributed by atoms with Crippen molar-refractivity contribution in [3.05, 3.63) is 24.3 Å². The lowest BCUT2D eigenvalue weighted by atomic mass is 10.1. The average molecular weight is 304 g/mol. The minimum Gasteiger partial charge on any atom is -0.406 e. The highest BCUT2D eigenvalue weighted by Gasteiger charge is 2.42. The van der Waals surface area contributed by atoms with E-state index in [0.29, 0.717) is 12.2 Å². The molecule has 0 unspecified atom stereocenters. The van der Waals surface area contributed by atoms with Crippen LogP contribution in [0.2, 0.25) is 0 Å². The fraction of sp³-hybridized carbons (Fsp3) is 0.462. The topological polar surface area (TPSA) is 70.6 Å². The number of halogens is 3. The number of anilines is 1. The molecule has 2 rings (SSSR count). The van der Waals surface area contributed by atoms with Crippen molar-refractivity contribution < 1.29 is 27.8 Å². The van der Waals surface area contributed by atoms with E-state index in [1.165, 1.54) is 12.1 Å². The van der Waals surface area contributed by atoms with Crippen LogP contribution in [0.4, 0.5) is 23.7 Å². The molecule has 0 bridgehead atoms. The lowest BCUT2D eigenvalue weighted by molar-refractivity contribution is -0.274. The molecule has 1 saturated carbocycles. The Hall–Kier alpha value is -1.96. The second-order valence-electron chi connectivity index (χ2n) is 5.04. The summed E-state index contributed by atoms with van der Waals surface area (Å²) in [6.45, 7) is 0.390. The van der Waals surface area contributed by atoms with Crippen LogP contribution >= 0.6 is 0 Å². The molecule has 116 valence electrons. The minimum absolute atomic E-state index is 0.0246. The summed E-state index contributed by atoms with van der Waals surface area (Å²) in [5.74, 6) is -0.356. The summed E-state index contributed by atoms with van der Waals surface area (Å²) < 4.78 is 39.7. The van der Waals surface area contributed by atoms with Gasteiger partial charge in [0, 0.05) is 17.6 Å². The molecule has 0 aliphatic heterocycles. The van der Waals surface area contributed by atoms with E-state index >= 15 is 0 Å². The zero-order chi connectivity index (χ0) is 15.5. The summed E-state index contributed by atoms with van der Waals surface area (Å²) in [5.41, 5.74) is 0.137. The number of hydrogen-bond acceptors (Lipinski definition) is 3. The van der Waals surface area contributed by atoms with Gasteiger partial charge in [-0.2, -0.15) is 0 Å². The van der Waals surface area contributed by atoms with Crippen molar-refractivity contribution in [3.63, 3.8) is 0 Å². The van der Waals surface area contributed by atoms with Gasteiger partial charge in [-0.3, -0.25) is 0 Å². The molecule has 1 aromatic rings. The Morgan fingerprint density at radius 1 is 1.29 bits per heavy atom. The van der Waals surface area contributed by atoms with Gasteiger partial charge in [0.25, 0.3) is 0 Å². The molecule has 0 radical (unpaired) electrons. The molecule has 0 atom stereocenters. The first-order valence-electron chi connectivity index (χ1n) is 6.33. The third-order valence-electron chi connectivity index (χ3n) is 3.26. The number of carbonyl (C=O) groups excluding carboxylic acids is 1. The summed E-state index contributed by atoms with van der Waals surface area (Å²) in [4.78, 5) is 11.6. The quantitative estimate of drug-likeness (QED) is 0.782. The highest BCUT2D eigenvalue weighted by atomic mass is 19.4. The molecule has 5 nitrogen and oxygen atoms in total. The van der Waals surface area contributed by atoms with E-state index in [4.69, 9.17) is 5.11 Å². The van der Waals surface area contributed by atoms with Gasteiger partial charge in [-0.05, 0) is 37.1 Å². The number of ether oxygens (including phenoxy) is 1. The first-order chi connectivity index (χ1) is 9.82. The Balaban J connectivity index is 1.81. The van der Waals surface area contributed by atoms with Gasteiger partial charge in [0.05, 0.1) is 6.61 Å². The maximum absolute atomic E-state index is 12.0. The molecule has 21 heavy (non-hydrogen) atoms. The highest BCUT2D eigenvalue weighted by molar-refractivity contribution is 5.89. The summed E-state index contributed by atoms with van der Waals surface area (Å²) >= 11 is 0. The van der Waals surface area contributed by atoms with Crippen LogP contribution in [0.5, 0.6) is 5.75 Å². The molecule has 1 aliphatic rings. The van der Waals surface area contributed by atoms with Crippen LogP contribution in [-0.2, 0) is 0 Å². The maximum Gasteiger partial charge on any atom is 0.573 e. The summed E-state index contributed by atoms with van der Waals surface area (Å²) in [6.07, 6.45) is -3.00. The van der Waals surface area contributed by atoms with Crippen LogP contribution < -0.4 is 15.4 Å². The number of rotatable bonds is 5. The minimum atomic E-state index is -4.74. The zero-order valence-corrected chi connectivity index (χ0v) is 11.0. The van der Waals surface area contributed by atoms with Gasteiger partial charge in [0.1, 0.15) is 5.75 Å². The molecule has 1 aliphatic carbocycles. The zero-order valence-electron chi connectivity index (χ0n) is 11.0. The van der Waals surface area contributed by atoms with Crippen molar-refractivity contribution in [3.8, 4) is 5.75 Å². The van der Waals surface area contributed by atoms with Crippen molar-refractivity contribution in [1.29, 1.82) is 0 Å². The first kappa shape index (κ1) is 15.4. The fourth-order valence-corrected chi connectivity index (χ4v) is 1.75. The molecule has 0 saturated heterocycles. The number of nitrogens with one attached hydrogen (secondary N) is 2. The monoisotopic (exact) mass is 304 g/mol. The second kappa shape index (κ2) is 5.80. The van der Waals surface area contributed by atoms with Crippen molar-refractivity contribution in [2.45, 2.75) is 19.2 Å². The maximum atomic E-state index is 12.0. The summed E-state index contributed by atoms with van der Waals surface area (Å²) in [7, 11) is 0. The number of carbonyl (C=O) groups is 1. The largest absolute Gasteiger partial charge is 0.573 e. The van der Waals surface area contributed by atoms with Gasteiger partial charge < -0.3 is 20.5 Å². The summed E-state index contributed by atoms with van der Waals surface area (Å²) in [5, 5.41) is 14.2. The summed E-state index contributed by atoms with van der Waals surface area (Å²) in [6, 6.07) is 4.36. The molecule has 0 heterocycles. The normalized spacial score (nSPS) is 16.2. The number of urea groups is 1. The molecule has 2 amide bonds. The number of benzene rings is 1. The first-order valence-corrected chi connectivity index (χ1v) is 6.33. The molecule has 3 N–H and O–H groups in total. The van der Waals surface area contributed by atoms with Crippen LogP contribution in [0.1, 0.15) is 12.8 Å². The predicted molar refractivity (Wildman–Crippen MR) is 68.9 cm³/mol. The third kappa shape index (κ3) is 4.82. The SMILES string of the molecule is O=C(NCC1(CO)CC1)Nc1ccc(OC(F)(F)F)cc1. The smallest absolute Gasteiger partial charge is 0.406 e. The van der Waals surface area contributed by atoms with E-state index in [2.05, 4.69) is 15.4 Å². The molecule has 8 heteroatoms. The Kier molecular flexibility index (Phi) is 4.26. The molecule has 0 spiro atoms. The number of hydrogen-bond donors (Lipinski definition) is 3. The van der Waals surface area contributed by atoms with Gasteiger partial charge >= 0.3 is 12.4 Å². The van der Waals surface area contributed by atoms with E-state index in [-0.39, 0.29) is 17.8 Å². The van der Waals surface area contributed by atoms with Crippen LogP contribution in [0.3, 0.4) is 0 Å². The van der Waals surface area contributed by atoms with Crippen molar-refractivity contribution in [1.82, 2.24) is 5.32 Å². The Morgan fingerprint density at radius 2 is 1.90 bits per heavy atom. The van der Waals surface area contributed by atoms with Crippen LogP contribution in [0, 0.1) is 5.41 Å². The molecular weight excluding hydrogens is 289 g/mol. The Bertz CT molecular complexity index is 498. The number of aliphatic hydroxyl groups is 1. The lowest BCUT2D eigenvalue weighted by Gasteiger charge is -2.14. The molecule has 1 aromatic carbocycles. The predicted octanol–water partition coefficient (Wildman–Crippen LogP) is 2.48. The fourth-order valence-electron chi connectivity index (χ4n) is 1.75. The van der Waals surface area contributed by atoms with Crippen LogP contribution in [0.25, 0.3) is 0 Å². The number of amides is 2. The van der Waals surface area contributed by atoms with Gasteiger partial charge in [0.2, 0.25) is 0 Å². The average Bonchev–Trinajstić information content (AvgIpc) is 3.18. The van der Waals surface area contributed by atoms with E-state index in [9.17, 15) is 18.0 Å². The second-order valence-corrected chi connectivity index (χ2v) is 5.04. The van der Waals surface area contributed by atoms with Gasteiger partial charge in [-0.15, -0.1) is 13.2 Å². The van der Waals surface area contributed by atoms with E-state index in [1.54, 1.807) is 0 Å². The molecular formula is C13H15F3N2O3. The van der Waals surface area contributed by atoms with Gasteiger partial charge in [-0.1, -0.05) is 0 Å². The number of alkyl halides is 3. The van der Waals surface area contributed by atoms with E-state index < -0.39 is 12.4 Å². The molecule has 0 aromatic heterocycles. The Morgan fingerprint density at radius 3 is 2.38 bits per heavy atom. The highest BCUT2D eigenvalue weighted by Crippen LogP contribution is 2.44. The van der Waals surface area contributed by atoms with Crippen molar-refractivity contribution >= 4 is 11.7 Å². The van der Waals surface area contributed by atoms with Crippen molar-refractivity contribution in [2.24, 2.45) is 5.41 Å².